The van der Waals surface area contributed by atoms with Crippen molar-refractivity contribution in [3.05, 3.63) is 12.7 Å². The van der Waals surface area contributed by atoms with Crippen LogP contribution in [-0.2, 0) is 4.79 Å². The van der Waals surface area contributed by atoms with Crippen LogP contribution in [0.15, 0.2) is 12.7 Å². The quantitative estimate of drug-likeness (QED) is 0.492. The molecule has 0 radical (unpaired) electrons. The normalized spacial score (nSPS) is 14.9. The van der Waals surface area contributed by atoms with Gasteiger partial charge in [-0.2, -0.15) is 0 Å². The maximum absolute atomic E-state index is 13.1. The number of hydrogen-bond donors (Lipinski definition) is 1. The molecule has 1 unspecified atom stereocenters. The van der Waals surface area contributed by atoms with Crippen molar-refractivity contribution in [2.45, 2.75) is 44.7 Å². The lowest BCUT2D eigenvalue weighted by Crippen LogP contribution is -2.29. The molecule has 13 heavy (non-hydrogen) atoms. The van der Waals surface area contributed by atoms with E-state index >= 15 is 0 Å². The smallest absolute Gasteiger partial charge is 0.341 e. The Balaban J connectivity index is 3.52. The molecular formula is C10H17FO2. The molecule has 0 aliphatic carbocycles. The zero-order valence-electron chi connectivity index (χ0n) is 8.05. The number of carboxylic acids is 1. The van der Waals surface area contributed by atoms with Crippen molar-refractivity contribution < 1.29 is 14.3 Å². The molecule has 2 nitrogen and oxygen atoms in total. The summed E-state index contributed by atoms with van der Waals surface area (Å²) in [5.74, 6) is -1.36. The molecular weight excluding hydrogens is 171 g/mol. The van der Waals surface area contributed by atoms with Crippen LogP contribution in [0.5, 0.6) is 0 Å². The van der Waals surface area contributed by atoms with Gasteiger partial charge in [-0.3, -0.25) is 0 Å². The second-order valence-electron chi connectivity index (χ2n) is 3.39. The molecule has 0 aromatic carbocycles. The van der Waals surface area contributed by atoms with Crippen molar-refractivity contribution in [3.8, 4) is 0 Å². The topological polar surface area (TPSA) is 37.3 Å². The molecule has 3 heteroatoms. The van der Waals surface area contributed by atoms with Crippen LogP contribution in [0, 0.1) is 0 Å². The summed E-state index contributed by atoms with van der Waals surface area (Å²) in [5, 5.41) is 8.45. The third-order valence-electron chi connectivity index (χ3n) is 2.00. The van der Waals surface area contributed by atoms with E-state index in [2.05, 4.69) is 6.58 Å². The molecule has 0 saturated carbocycles. The summed E-state index contributed by atoms with van der Waals surface area (Å²) in [6, 6.07) is 0. The molecule has 1 atom stereocenters. The van der Waals surface area contributed by atoms with Crippen molar-refractivity contribution >= 4 is 5.97 Å². The van der Waals surface area contributed by atoms with Crippen LogP contribution >= 0.6 is 0 Å². The Morgan fingerprint density at radius 1 is 1.54 bits per heavy atom. The highest BCUT2D eigenvalue weighted by molar-refractivity contribution is 5.76. The predicted molar refractivity (Wildman–Crippen MR) is 50.4 cm³/mol. The van der Waals surface area contributed by atoms with Crippen LogP contribution in [0.25, 0.3) is 0 Å². The molecule has 0 spiro atoms. The number of carboxylic acid groups (broad SMARTS) is 1. The van der Waals surface area contributed by atoms with Gasteiger partial charge in [0.1, 0.15) is 0 Å². The number of unbranched alkanes of at least 4 members (excludes halogenated alkanes) is 3. The summed E-state index contributed by atoms with van der Waals surface area (Å²) in [7, 11) is 0. The lowest BCUT2D eigenvalue weighted by Gasteiger charge is -2.13. The Kier molecular flexibility index (Phi) is 5.35. The Labute approximate surface area is 78.5 Å². The fourth-order valence-electron chi connectivity index (χ4n) is 1.03. The van der Waals surface area contributed by atoms with E-state index in [0.717, 1.165) is 26.2 Å². The molecule has 0 aliphatic heterocycles. The van der Waals surface area contributed by atoms with Crippen molar-refractivity contribution in [2.24, 2.45) is 0 Å². The molecule has 0 aromatic heterocycles. The van der Waals surface area contributed by atoms with E-state index in [0.29, 0.717) is 6.42 Å². The summed E-state index contributed by atoms with van der Waals surface area (Å²) in [5.41, 5.74) is -2.06. The number of hydrogen-bond acceptors (Lipinski definition) is 1. The standard InChI is InChI=1S/C10H17FO2/c1-3-4-5-6-7-8-10(2,11)9(12)13/h3H,1,4-8H2,2H3,(H,12,13). The third kappa shape index (κ3) is 5.39. The van der Waals surface area contributed by atoms with E-state index in [-0.39, 0.29) is 6.42 Å². The highest BCUT2D eigenvalue weighted by atomic mass is 19.1. The van der Waals surface area contributed by atoms with Crippen molar-refractivity contribution in [1.82, 2.24) is 0 Å². The molecule has 0 aliphatic rings. The maximum Gasteiger partial charge on any atom is 0.341 e. The summed E-state index contributed by atoms with van der Waals surface area (Å²) in [4.78, 5) is 10.3. The Morgan fingerprint density at radius 2 is 2.15 bits per heavy atom. The first-order chi connectivity index (χ1) is 6.00. The summed E-state index contributed by atoms with van der Waals surface area (Å²) in [6.07, 6.45) is 5.26. The van der Waals surface area contributed by atoms with E-state index in [1.165, 1.54) is 0 Å². The van der Waals surface area contributed by atoms with Gasteiger partial charge >= 0.3 is 5.97 Å². The fourth-order valence-corrected chi connectivity index (χ4v) is 1.03. The van der Waals surface area contributed by atoms with Gasteiger partial charge in [0.2, 0.25) is 5.67 Å². The molecule has 0 heterocycles. The molecule has 0 saturated heterocycles. The minimum Gasteiger partial charge on any atom is -0.479 e. The number of halogens is 1. The number of aliphatic carboxylic acids is 1. The highest BCUT2D eigenvalue weighted by Gasteiger charge is 2.31. The lowest BCUT2D eigenvalue weighted by atomic mass is 10.00. The Morgan fingerprint density at radius 3 is 2.62 bits per heavy atom. The van der Waals surface area contributed by atoms with Gasteiger partial charge in [0, 0.05) is 0 Å². The molecule has 76 valence electrons. The van der Waals surface area contributed by atoms with Crippen LogP contribution in [-0.4, -0.2) is 16.7 Å². The van der Waals surface area contributed by atoms with E-state index in [1.54, 1.807) is 0 Å². The van der Waals surface area contributed by atoms with Gasteiger partial charge in [-0.05, 0) is 32.6 Å². The van der Waals surface area contributed by atoms with Gasteiger partial charge in [0.25, 0.3) is 0 Å². The van der Waals surface area contributed by atoms with Crippen LogP contribution < -0.4 is 0 Å². The van der Waals surface area contributed by atoms with Gasteiger partial charge in [-0.15, -0.1) is 6.58 Å². The average molecular weight is 188 g/mol. The minimum absolute atomic E-state index is 0.0967. The van der Waals surface area contributed by atoms with Crippen molar-refractivity contribution in [1.29, 1.82) is 0 Å². The Hall–Kier alpha value is -0.860. The first-order valence-electron chi connectivity index (χ1n) is 4.54. The van der Waals surface area contributed by atoms with Gasteiger partial charge < -0.3 is 5.11 Å². The summed E-state index contributed by atoms with van der Waals surface area (Å²) >= 11 is 0. The first-order valence-corrected chi connectivity index (χ1v) is 4.54. The van der Waals surface area contributed by atoms with Crippen molar-refractivity contribution in [2.75, 3.05) is 0 Å². The van der Waals surface area contributed by atoms with E-state index in [9.17, 15) is 9.18 Å². The lowest BCUT2D eigenvalue weighted by molar-refractivity contribution is -0.150. The van der Waals surface area contributed by atoms with Crippen LogP contribution in [0.1, 0.15) is 39.0 Å². The van der Waals surface area contributed by atoms with Gasteiger partial charge in [-0.25, -0.2) is 9.18 Å². The molecule has 0 bridgehead atoms. The molecule has 1 N–H and O–H groups in total. The second-order valence-corrected chi connectivity index (χ2v) is 3.39. The van der Waals surface area contributed by atoms with Gasteiger partial charge in [0.15, 0.2) is 0 Å². The number of alkyl halides is 1. The predicted octanol–water partition coefficient (Wildman–Crippen LogP) is 2.94. The SMILES string of the molecule is C=CCCCCCC(C)(F)C(=O)O. The number of allylic oxidation sites excluding steroid dienone is 1. The van der Waals surface area contributed by atoms with Gasteiger partial charge in [-0.1, -0.05) is 12.5 Å². The largest absolute Gasteiger partial charge is 0.479 e. The summed E-state index contributed by atoms with van der Waals surface area (Å²) in [6.45, 7) is 4.68. The Bertz CT molecular complexity index is 176. The summed E-state index contributed by atoms with van der Waals surface area (Å²) < 4.78 is 13.1. The molecule has 0 fully saturated rings. The fraction of sp³-hybridized carbons (Fsp3) is 0.700. The highest BCUT2D eigenvalue weighted by Crippen LogP contribution is 2.19. The van der Waals surface area contributed by atoms with Crippen LogP contribution in [0.4, 0.5) is 4.39 Å². The van der Waals surface area contributed by atoms with E-state index in [1.807, 2.05) is 6.08 Å². The monoisotopic (exact) mass is 188 g/mol. The van der Waals surface area contributed by atoms with Gasteiger partial charge in [0.05, 0.1) is 0 Å². The average Bonchev–Trinajstić information content (AvgIpc) is 2.03. The zero-order chi connectivity index (χ0) is 10.3. The molecule has 0 amide bonds. The number of carbonyl (C=O) groups is 1. The van der Waals surface area contributed by atoms with E-state index < -0.39 is 11.6 Å². The maximum atomic E-state index is 13.1. The van der Waals surface area contributed by atoms with E-state index in [4.69, 9.17) is 5.11 Å². The van der Waals surface area contributed by atoms with Crippen LogP contribution in [0.3, 0.4) is 0 Å². The number of rotatable bonds is 7. The first kappa shape index (κ1) is 12.1. The van der Waals surface area contributed by atoms with Crippen molar-refractivity contribution in [3.63, 3.8) is 0 Å². The van der Waals surface area contributed by atoms with Crippen LogP contribution in [0.2, 0.25) is 0 Å². The second kappa shape index (κ2) is 5.73. The minimum atomic E-state index is -2.06. The third-order valence-corrected chi connectivity index (χ3v) is 2.00. The molecule has 0 rings (SSSR count). The zero-order valence-corrected chi connectivity index (χ0v) is 8.05. The molecule has 0 aromatic rings.